The van der Waals surface area contributed by atoms with Gasteiger partial charge in [0, 0.05) is 0 Å². The van der Waals surface area contributed by atoms with E-state index in [0.717, 1.165) is 0 Å². The molecule has 1 amide bonds. The molecule has 2 aromatic rings. The zero-order valence-electron chi connectivity index (χ0n) is 13.1. The van der Waals surface area contributed by atoms with E-state index in [9.17, 15) is 14.7 Å². The van der Waals surface area contributed by atoms with Crippen LogP contribution in [0.5, 0.6) is 5.75 Å². The number of thioether (sulfide) groups is 1. The number of carboxylic acids is 1. The van der Waals surface area contributed by atoms with Crippen molar-refractivity contribution in [3.05, 3.63) is 64.6 Å². The van der Waals surface area contributed by atoms with Crippen molar-refractivity contribution in [2.75, 3.05) is 12.0 Å². The number of aromatic carboxylic acids is 1. The summed E-state index contributed by atoms with van der Waals surface area (Å²) in [5.41, 5.74) is 1.30. The number of hydrogen-bond acceptors (Lipinski definition) is 6. The third-order valence-electron chi connectivity index (χ3n) is 3.54. The summed E-state index contributed by atoms with van der Waals surface area (Å²) in [5.74, 6) is -0.830. The number of carbonyl (C=O) groups is 2. The number of carbonyl (C=O) groups excluding carboxylic acids is 2. The summed E-state index contributed by atoms with van der Waals surface area (Å²) in [5, 5.41) is 11.0. The van der Waals surface area contributed by atoms with Crippen molar-refractivity contribution in [1.29, 1.82) is 0 Å². The van der Waals surface area contributed by atoms with Crippen LogP contribution in [0.25, 0.3) is 6.08 Å². The lowest BCUT2D eigenvalue weighted by atomic mass is 10.1. The molecular weight excluding hydrogens is 358 g/mol. The van der Waals surface area contributed by atoms with Gasteiger partial charge < -0.3 is 14.6 Å². The van der Waals surface area contributed by atoms with E-state index >= 15 is 0 Å². The van der Waals surface area contributed by atoms with Crippen molar-refractivity contribution in [3.63, 3.8) is 0 Å². The van der Waals surface area contributed by atoms with Crippen LogP contribution in [0, 0.1) is 0 Å². The Morgan fingerprint density at radius 3 is 2.60 bits per heavy atom. The Bertz CT molecular complexity index is 890. The number of benzene rings is 2. The van der Waals surface area contributed by atoms with Crippen LogP contribution in [-0.4, -0.2) is 23.3 Å². The first-order valence-corrected chi connectivity index (χ1v) is 8.45. The van der Waals surface area contributed by atoms with E-state index in [1.54, 1.807) is 49.6 Å². The summed E-state index contributed by atoms with van der Waals surface area (Å²) in [4.78, 5) is 25.5. The summed E-state index contributed by atoms with van der Waals surface area (Å²) in [6.45, 7) is 0. The van der Waals surface area contributed by atoms with Gasteiger partial charge in [0.1, 0.15) is 5.75 Å². The maximum atomic E-state index is 12.7. The predicted molar refractivity (Wildman–Crippen MR) is 99.4 cm³/mol. The third kappa shape index (κ3) is 3.57. The number of anilines is 1. The molecule has 0 saturated carbocycles. The van der Waals surface area contributed by atoms with Gasteiger partial charge in [-0.15, -0.1) is 0 Å². The van der Waals surface area contributed by atoms with Crippen molar-refractivity contribution in [2.24, 2.45) is 0 Å². The molecule has 0 N–H and O–H groups in total. The first kappa shape index (κ1) is 17.2. The molecule has 25 heavy (non-hydrogen) atoms. The monoisotopic (exact) mass is 370 g/mol. The number of methoxy groups -OCH3 is 1. The molecule has 1 aliphatic rings. The number of carboxylic acid groups (broad SMARTS) is 1. The van der Waals surface area contributed by atoms with Crippen LogP contribution in [0.4, 0.5) is 5.69 Å². The Hall–Kier alpha value is -2.64. The summed E-state index contributed by atoms with van der Waals surface area (Å²) in [6, 6.07) is 13.2. The lowest BCUT2D eigenvalue weighted by molar-refractivity contribution is -0.255. The smallest absolute Gasteiger partial charge is 0.270 e. The largest absolute Gasteiger partial charge is 0.545 e. The zero-order valence-corrected chi connectivity index (χ0v) is 14.7. The molecule has 0 unspecified atom stereocenters. The van der Waals surface area contributed by atoms with Gasteiger partial charge in [0.15, 0.2) is 4.32 Å². The third-order valence-corrected chi connectivity index (χ3v) is 4.85. The topological polar surface area (TPSA) is 69.7 Å². The van der Waals surface area contributed by atoms with Crippen LogP contribution in [-0.2, 0) is 4.79 Å². The second-order valence-corrected chi connectivity index (χ2v) is 6.80. The lowest BCUT2D eigenvalue weighted by Gasteiger charge is -2.14. The zero-order chi connectivity index (χ0) is 18.0. The summed E-state index contributed by atoms with van der Waals surface area (Å²) in [6.07, 6.45) is 1.62. The molecule has 0 atom stereocenters. The van der Waals surface area contributed by atoms with E-state index < -0.39 is 5.97 Å². The molecule has 1 heterocycles. The van der Waals surface area contributed by atoms with E-state index in [4.69, 9.17) is 17.0 Å². The van der Waals surface area contributed by atoms with Crippen molar-refractivity contribution in [2.45, 2.75) is 0 Å². The Balaban J connectivity index is 1.90. The fourth-order valence-corrected chi connectivity index (χ4v) is 3.63. The molecule has 1 aliphatic heterocycles. The Morgan fingerprint density at radius 2 is 1.96 bits per heavy atom. The summed E-state index contributed by atoms with van der Waals surface area (Å²) >= 11 is 6.48. The van der Waals surface area contributed by atoms with Crippen LogP contribution >= 0.6 is 24.0 Å². The van der Waals surface area contributed by atoms with Gasteiger partial charge in [-0.3, -0.25) is 9.69 Å². The predicted octanol–water partition coefficient (Wildman–Crippen LogP) is 2.46. The standard InChI is InChI=1S/C18H13NO4S2/c1-23-14-7-5-13(6-8-14)19-16(20)15(25-18(19)24)10-11-3-2-4-12(9-11)17(21)22/h2-10H,1H3,(H,21,22)/p-1/b15-10+. The summed E-state index contributed by atoms with van der Waals surface area (Å²) in [7, 11) is 1.57. The van der Waals surface area contributed by atoms with Crippen LogP contribution in [0.2, 0.25) is 0 Å². The highest BCUT2D eigenvalue weighted by atomic mass is 32.2. The molecule has 2 aromatic carbocycles. The Labute approximate surface area is 153 Å². The minimum Gasteiger partial charge on any atom is -0.545 e. The van der Waals surface area contributed by atoms with Crippen molar-refractivity contribution in [1.82, 2.24) is 0 Å². The molecule has 0 aromatic heterocycles. The van der Waals surface area contributed by atoms with Gasteiger partial charge in [-0.25, -0.2) is 0 Å². The van der Waals surface area contributed by atoms with Gasteiger partial charge >= 0.3 is 0 Å². The van der Waals surface area contributed by atoms with Crippen LogP contribution in [0.15, 0.2) is 53.4 Å². The Morgan fingerprint density at radius 1 is 1.24 bits per heavy atom. The van der Waals surface area contributed by atoms with Gasteiger partial charge in [-0.2, -0.15) is 0 Å². The molecule has 0 radical (unpaired) electrons. The number of nitrogens with zero attached hydrogens (tertiary/aromatic N) is 1. The van der Waals surface area contributed by atoms with Crippen LogP contribution < -0.4 is 14.7 Å². The molecule has 0 aliphatic carbocycles. The fourth-order valence-electron chi connectivity index (χ4n) is 2.33. The maximum absolute atomic E-state index is 12.7. The number of hydrogen-bond donors (Lipinski definition) is 0. The summed E-state index contributed by atoms with van der Waals surface area (Å²) < 4.78 is 5.52. The van der Waals surface area contributed by atoms with E-state index in [1.165, 1.54) is 28.8 Å². The molecule has 3 rings (SSSR count). The second-order valence-electron chi connectivity index (χ2n) is 5.13. The van der Waals surface area contributed by atoms with Gasteiger partial charge in [0.2, 0.25) is 0 Å². The van der Waals surface area contributed by atoms with Crippen molar-refractivity contribution >= 4 is 51.9 Å². The first-order valence-electron chi connectivity index (χ1n) is 7.23. The average Bonchev–Trinajstić information content (AvgIpc) is 2.89. The molecule has 5 nitrogen and oxygen atoms in total. The SMILES string of the molecule is COc1ccc(N2C(=O)/C(=C\c3cccc(C(=O)[O-])c3)SC2=S)cc1. The van der Waals surface area contributed by atoms with E-state index in [2.05, 4.69) is 0 Å². The molecule has 1 saturated heterocycles. The van der Waals surface area contributed by atoms with E-state index in [0.29, 0.717) is 26.2 Å². The second kappa shape index (κ2) is 7.08. The molecule has 1 fully saturated rings. The minimum absolute atomic E-state index is 0.0550. The maximum Gasteiger partial charge on any atom is 0.270 e. The molecule has 7 heteroatoms. The Kier molecular flexibility index (Phi) is 4.87. The lowest BCUT2D eigenvalue weighted by Crippen LogP contribution is -2.27. The van der Waals surface area contributed by atoms with E-state index in [-0.39, 0.29) is 11.5 Å². The first-order chi connectivity index (χ1) is 12.0. The molecular formula is C18H12NO4S2-. The quantitative estimate of drug-likeness (QED) is 0.608. The fraction of sp³-hybridized carbons (Fsp3) is 0.0556. The van der Waals surface area contributed by atoms with Crippen LogP contribution in [0.3, 0.4) is 0 Å². The number of rotatable bonds is 4. The van der Waals surface area contributed by atoms with Crippen LogP contribution in [0.1, 0.15) is 15.9 Å². The normalized spacial score (nSPS) is 15.7. The van der Waals surface area contributed by atoms with Gasteiger partial charge in [-0.05, 0) is 47.5 Å². The highest BCUT2D eigenvalue weighted by molar-refractivity contribution is 8.27. The minimum atomic E-state index is -1.26. The number of thiocarbonyl (C=S) groups is 1. The van der Waals surface area contributed by atoms with Gasteiger partial charge in [0.05, 0.1) is 23.7 Å². The highest BCUT2D eigenvalue weighted by Gasteiger charge is 2.33. The number of amides is 1. The molecule has 0 bridgehead atoms. The average molecular weight is 370 g/mol. The molecule has 126 valence electrons. The van der Waals surface area contributed by atoms with Crippen molar-refractivity contribution < 1.29 is 19.4 Å². The van der Waals surface area contributed by atoms with Gasteiger partial charge in [0.25, 0.3) is 5.91 Å². The highest BCUT2D eigenvalue weighted by Crippen LogP contribution is 2.36. The van der Waals surface area contributed by atoms with E-state index in [1.807, 2.05) is 0 Å². The molecule has 0 spiro atoms. The van der Waals surface area contributed by atoms with Gasteiger partial charge in [-0.1, -0.05) is 42.2 Å². The van der Waals surface area contributed by atoms with Crippen molar-refractivity contribution in [3.8, 4) is 5.75 Å². The number of ether oxygens (including phenoxy) is 1.